The van der Waals surface area contributed by atoms with Crippen LogP contribution >= 0.6 is 0 Å². The number of hydrogen-bond acceptors (Lipinski definition) is 7. The Balaban J connectivity index is 1.72. The molecule has 0 saturated carbocycles. The second kappa shape index (κ2) is 10.0. The smallest absolute Gasteiger partial charge is 0.433 e. The summed E-state index contributed by atoms with van der Waals surface area (Å²) < 4.78 is 16.1. The first-order chi connectivity index (χ1) is 16.5. The second-order valence-corrected chi connectivity index (χ2v) is 7.52. The van der Waals surface area contributed by atoms with Crippen molar-refractivity contribution >= 4 is 17.7 Å². The van der Waals surface area contributed by atoms with E-state index in [-0.39, 0.29) is 12.3 Å². The number of aromatic nitrogens is 1. The molecule has 0 spiro atoms. The van der Waals surface area contributed by atoms with Crippen molar-refractivity contribution in [2.75, 3.05) is 20.8 Å². The van der Waals surface area contributed by atoms with E-state index in [9.17, 15) is 9.59 Å². The number of amides is 2. The lowest BCUT2D eigenvalue weighted by atomic mass is 10.1. The van der Waals surface area contributed by atoms with Gasteiger partial charge in [-0.15, -0.1) is 0 Å². The molecular weight excluding hydrogens is 436 g/mol. The average molecular weight is 460 g/mol. The number of cyclic esters (lactones) is 1. The van der Waals surface area contributed by atoms with E-state index in [1.807, 2.05) is 31.2 Å². The standard InChI is InChI=1S/C25H24N4O5/c1-16-7-9-17(10-8-16)23(27-24(30)19-6-4-5-13-26-19)29-25(31)34-15-20(28-29)18-11-12-21(32-2)22(14-18)33-3/h4-14,23H,15H2,1-3H3,(H,27,30). The molecule has 2 heterocycles. The van der Waals surface area contributed by atoms with E-state index in [1.54, 1.807) is 43.5 Å². The van der Waals surface area contributed by atoms with Gasteiger partial charge in [0, 0.05) is 11.8 Å². The minimum Gasteiger partial charge on any atom is -0.493 e. The molecule has 0 bridgehead atoms. The van der Waals surface area contributed by atoms with Gasteiger partial charge in [0.2, 0.25) is 0 Å². The summed E-state index contributed by atoms with van der Waals surface area (Å²) in [7, 11) is 3.09. The van der Waals surface area contributed by atoms with Crippen molar-refractivity contribution < 1.29 is 23.8 Å². The largest absolute Gasteiger partial charge is 0.493 e. The summed E-state index contributed by atoms with van der Waals surface area (Å²) in [6.07, 6.45) is -0.0765. The zero-order chi connectivity index (χ0) is 24.1. The molecule has 0 radical (unpaired) electrons. The SMILES string of the molecule is COc1ccc(C2=NN(C(NC(=O)c3ccccn3)c3ccc(C)cc3)C(=O)OC2)cc1OC. The number of hydrogen-bond donors (Lipinski definition) is 1. The number of methoxy groups -OCH3 is 2. The van der Waals surface area contributed by atoms with Gasteiger partial charge in [0.1, 0.15) is 18.0 Å². The van der Waals surface area contributed by atoms with Crippen LogP contribution in [0.15, 0.2) is 72.0 Å². The van der Waals surface area contributed by atoms with Crippen LogP contribution in [0.1, 0.15) is 33.3 Å². The molecule has 1 aliphatic heterocycles. The highest BCUT2D eigenvalue weighted by Gasteiger charge is 2.32. The van der Waals surface area contributed by atoms with E-state index in [0.717, 1.165) is 10.6 Å². The van der Waals surface area contributed by atoms with Crippen LogP contribution in [0.3, 0.4) is 0 Å². The number of hydrazone groups is 1. The summed E-state index contributed by atoms with van der Waals surface area (Å²) in [6.45, 7) is 1.92. The van der Waals surface area contributed by atoms with Crippen LogP contribution in [-0.2, 0) is 4.74 Å². The van der Waals surface area contributed by atoms with Crippen molar-refractivity contribution in [3.63, 3.8) is 0 Å². The van der Waals surface area contributed by atoms with Crippen LogP contribution < -0.4 is 14.8 Å². The number of aryl methyl sites for hydroxylation is 1. The Hall–Kier alpha value is -4.40. The van der Waals surface area contributed by atoms with E-state index in [4.69, 9.17) is 14.2 Å². The van der Waals surface area contributed by atoms with Crippen molar-refractivity contribution in [3.8, 4) is 11.5 Å². The van der Waals surface area contributed by atoms with Gasteiger partial charge in [-0.2, -0.15) is 10.1 Å². The fraction of sp³-hybridized carbons (Fsp3) is 0.200. The Morgan fingerprint density at radius 1 is 1.06 bits per heavy atom. The summed E-state index contributed by atoms with van der Waals surface area (Å²) in [6, 6.07) is 17.8. The maximum Gasteiger partial charge on any atom is 0.433 e. The monoisotopic (exact) mass is 460 g/mol. The molecule has 0 fully saturated rings. The van der Waals surface area contributed by atoms with Gasteiger partial charge in [0.05, 0.1) is 14.2 Å². The molecule has 4 rings (SSSR count). The number of benzene rings is 2. The lowest BCUT2D eigenvalue weighted by Crippen LogP contribution is -2.45. The third kappa shape index (κ3) is 4.83. The minimum atomic E-state index is -0.918. The van der Waals surface area contributed by atoms with E-state index in [0.29, 0.717) is 28.3 Å². The Labute approximate surface area is 197 Å². The fourth-order valence-corrected chi connectivity index (χ4v) is 3.45. The number of ether oxygens (including phenoxy) is 3. The summed E-state index contributed by atoms with van der Waals surface area (Å²) in [5.74, 6) is 0.633. The quantitative estimate of drug-likeness (QED) is 0.577. The first-order valence-electron chi connectivity index (χ1n) is 10.5. The maximum absolute atomic E-state index is 12.9. The highest BCUT2D eigenvalue weighted by atomic mass is 16.6. The number of nitrogens with zero attached hydrogens (tertiary/aromatic N) is 3. The molecule has 3 aromatic rings. The highest BCUT2D eigenvalue weighted by Crippen LogP contribution is 2.29. The molecule has 34 heavy (non-hydrogen) atoms. The molecule has 1 aromatic heterocycles. The first-order valence-corrected chi connectivity index (χ1v) is 10.5. The van der Waals surface area contributed by atoms with Gasteiger partial charge in [0.15, 0.2) is 17.7 Å². The van der Waals surface area contributed by atoms with E-state index >= 15 is 0 Å². The first kappa shape index (κ1) is 22.8. The number of carbonyl (C=O) groups is 2. The fourth-order valence-electron chi connectivity index (χ4n) is 3.45. The van der Waals surface area contributed by atoms with Gasteiger partial charge in [-0.1, -0.05) is 35.9 Å². The van der Waals surface area contributed by atoms with Gasteiger partial charge in [-0.05, 0) is 42.8 Å². The number of carbonyl (C=O) groups excluding carboxylic acids is 2. The van der Waals surface area contributed by atoms with Crippen LogP contribution in [0.5, 0.6) is 11.5 Å². The molecule has 174 valence electrons. The molecule has 0 saturated heterocycles. The molecule has 1 aliphatic rings. The summed E-state index contributed by atoms with van der Waals surface area (Å²) in [5.41, 5.74) is 3.09. The Morgan fingerprint density at radius 2 is 1.82 bits per heavy atom. The predicted octanol–water partition coefficient (Wildman–Crippen LogP) is 3.69. The Bertz CT molecular complexity index is 1210. The molecule has 2 amide bonds. The van der Waals surface area contributed by atoms with Crippen LogP contribution in [-0.4, -0.2) is 48.5 Å². The molecule has 9 heteroatoms. The van der Waals surface area contributed by atoms with Crippen LogP contribution in [0.2, 0.25) is 0 Å². The van der Waals surface area contributed by atoms with Crippen LogP contribution in [0.4, 0.5) is 4.79 Å². The lowest BCUT2D eigenvalue weighted by molar-refractivity contribution is 0.0699. The molecule has 9 nitrogen and oxygen atoms in total. The van der Waals surface area contributed by atoms with Crippen molar-refractivity contribution in [3.05, 3.63) is 89.2 Å². The van der Waals surface area contributed by atoms with E-state index in [1.165, 1.54) is 13.3 Å². The zero-order valence-electron chi connectivity index (χ0n) is 19.0. The molecule has 2 aromatic carbocycles. The van der Waals surface area contributed by atoms with Crippen LogP contribution in [0.25, 0.3) is 0 Å². The zero-order valence-corrected chi connectivity index (χ0v) is 19.0. The van der Waals surface area contributed by atoms with Gasteiger partial charge in [-0.3, -0.25) is 9.78 Å². The van der Waals surface area contributed by atoms with Crippen molar-refractivity contribution in [1.82, 2.24) is 15.3 Å². The molecule has 1 atom stereocenters. The maximum atomic E-state index is 12.9. The normalized spacial score (nSPS) is 14.0. The van der Waals surface area contributed by atoms with Crippen molar-refractivity contribution in [2.24, 2.45) is 5.10 Å². The van der Waals surface area contributed by atoms with E-state index in [2.05, 4.69) is 15.4 Å². The van der Waals surface area contributed by atoms with E-state index < -0.39 is 18.2 Å². The predicted molar refractivity (Wildman–Crippen MR) is 125 cm³/mol. The second-order valence-electron chi connectivity index (χ2n) is 7.52. The van der Waals surface area contributed by atoms with Gasteiger partial charge in [-0.25, -0.2) is 4.79 Å². The molecule has 0 aliphatic carbocycles. The lowest BCUT2D eigenvalue weighted by Gasteiger charge is -2.31. The molecule has 1 N–H and O–H groups in total. The third-order valence-corrected chi connectivity index (χ3v) is 5.27. The van der Waals surface area contributed by atoms with Gasteiger partial charge >= 0.3 is 6.09 Å². The molecule has 1 unspecified atom stereocenters. The average Bonchev–Trinajstić information content (AvgIpc) is 2.88. The van der Waals surface area contributed by atoms with Gasteiger partial charge in [0.25, 0.3) is 5.91 Å². The number of rotatable bonds is 7. The third-order valence-electron chi connectivity index (χ3n) is 5.27. The highest BCUT2D eigenvalue weighted by molar-refractivity contribution is 6.04. The van der Waals surface area contributed by atoms with Crippen LogP contribution in [0, 0.1) is 6.92 Å². The topological polar surface area (TPSA) is 102 Å². The summed E-state index contributed by atoms with van der Waals surface area (Å²) in [5, 5.41) is 8.53. The molecular formula is C25H24N4O5. The van der Waals surface area contributed by atoms with Gasteiger partial charge < -0.3 is 19.5 Å². The summed E-state index contributed by atoms with van der Waals surface area (Å²) in [4.78, 5) is 29.8. The number of pyridine rings is 1. The van der Waals surface area contributed by atoms with Crippen molar-refractivity contribution in [2.45, 2.75) is 13.1 Å². The minimum absolute atomic E-state index is 0.0282. The Morgan fingerprint density at radius 3 is 2.50 bits per heavy atom. The Kier molecular flexibility index (Phi) is 6.72. The number of nitrogens with one attached hydrogen (secondary N) is 1. The van der Waals surface area contributed by atoms with Crippen molar-refractivity contribution in [1.29, 1.82) is 0 Å². The summed E-state index contributed by atoms with van der Waals surface area (Å²) >= 11 is 0.